The van der Waals surface area contributed by atoms with E-state index in [1.54, 1.807) is 0 Å². The standard InChI is InChI=1S/C17H14Cl2N2O7/c1-26-10-3-4-14(13(7-10)21(24)25)28-8-15(22)20-16-11(17(23)27-2)5-9(18)6-12(16)19/h3-7H,8H2,1-2H3,(H,20,22). The van der Waals surface area contributed by atoms with Gasteiger partial charge in [0, 0.05) is 5.02 Å². The minimum absolute atomic E-state index is 0.0108. The van der Waals surface area contributed by atoms with Crippen molar-refractivity contribution in [3.63, 3.8) is 0 Å². The van der Waals surface area contributed by atoms with Crippen molar-refractivity contribution in [3.05, 3.63) is 56.1 Å². The van der Waals surface area contributed by atoms with E-state index >= 15 is 0 Å². The second-order valence-electron chi connectivity index (χ2n) is 5.23. The molecule has 0 saturated heterocycles. The number of carbonyl (C=O) groups is 2. The quantitative estimate of drug-likeness (QED) is 0.405. The number of anilines is 1. The fourth-order valence-corrected chi connectivity index (χ4v) is 2.72. The number of nitrogens with zero attached hydrogens (tertiary/aromatic N) is 1. The lowest BCUT2D eigenvalue weighted by Gasteiger charge is -2.13. The molecule has 0 radical (unpaired) electrons. The number of methoxy groups -OCH3 is 2. The fraction of sp³-hybridized carbons (Fsp3) is 0.176. The summed E-state index contributed by atoms with van der Waals surface area (Å²) in [6, 6.07) is 6.54. The third kappa shape index (κ3) is 5.02. The molecule has 0 aliphatic heterocycles. The zero-order valence-corrected chi connectivity index (χ0v) is 16.2. The number of rotatable bonds is 7. The molecule has 2 rings (SSSR count). The lowest BCUT2D eigenvalue weighted by molar-refractivity contribution is -0.385. The molecule has 9 nitrogen and oxygen atoms in total. The maximum Gasteiger partial charge on any atom is 0.340 e. The van der Waals surface area contributed by atoms with Crippen molar-refractivity contribution in [2.24, 2.45) is 0 Å². The van der Waals surface area contributed by atoms with E-state index in [2.05, 4.69) is 10.1 Å². The van der Waals surface area contributed by atoms with E-state index in [1.165, 1.54) is 37.4 Å². The summed E-state index contributed by atoms with van der Waals surface area (Å²) in [5.41, 5.74) is -0.438. The first-order chi connectivity index (χ1) is 13.3. The summed E-state index contributed by atoms with van der Waals surface area (Å²) in [5.74, 6) is -1.33. The Kier molecular flexibility index (Phi) is 7.02. The monoisotopic (exact) mass is 428 g/mol. The van der Waals surface area contributed by atoms with Gasteiger partial charge in [0.25, 0.3) is 5.91 Å². The molecule has 0 aliphatic carbocycles. The van der Waals surface area contributed by atoms with Crippen LogP contribution in [0.15, 0.2) is 30.3 Å². The van der Waals surface area contributed by atoms with Gasteiger partial charge in [0.15, 0.2) is 12.4 Å². The maximum atomic E-state index is 12.2. The normalized spacial score (nSPS) is 10.1. The van der Waals surface area contributed by atoms with Crippen molar-refractivity contribution >= 4 is 46.5 Å². The summed E-state index contributed by atoms with van der Waals surface area (Å²) in [6.07, 6.45) is 0. The molecule has 0 unspecified atom stereocenters. The Labute approximate surface area is 169 Å². The van der Waals surface area contributed by atoms with Crippen LogP contribution in [0.5, 0.6) is 11.5 Å². The molecule has 0 fully saturated rings. The van der Waals surface area contributed by atoms with E-state index in [0.717, 1.165) is 7.11 Å². The minimum atomic E-state index is -0.758. The highest BCUT2D eigenvalue weighted by molar-refractivity contribution is 6.37. The van der Waals surface area contributed by atoms with Gasteiger partial charge < -0.3 is 19.5 Å². The summed E-state index contributed by atoms with van der Waals surface area (Å²) >= 11 is 11.9. The maximum absolute atomic E-state index is 12.2. The fourth-order valence-electron chi connectivity index (χ4n) is 2.18. The number of halogens is 2. The van der Waals surface area contributed by atoms with Crippen LogP contribution in [0, 0.1) is 10.1 Å². The summed E-state index contributed by atoms with van der Waals surface area (Å²) in [6.45, 7) is -0.577. The first-order valence-electron chi connectivity index (χ1n) is 7.59. The second-order valence-corrected chi connectivity index (χ2v) is 6.07. The van der Waals surface area contributed by atoms with E-state index in [4.69, 9.17) is 32.7 Å². The molecule has 0 spiro atoms. The van der Waals surface area contributed by atoms with Gasteiger partial charge >= 0.3 is 11.7 Å². The molecule has 11 heteroatoms. The van der Waals surface area contributed by atoms with Crippen molar-refractivity contribution < 1.29 is 28.7 Å². The average Bonchev–Trinajstić information content (AvgIpc) is 2.67. The smallest absolute Gasteiger partial charge is 0.340 e. The van der Waals surface area contributed by atoms with Crippen molar-refractivity contribution in [1.82, 2.24) is 0 Å². The highest BCUT2D eigenvalue weighted by atomic mass is 35.5. The molecule has 0 aromatic heterocycles. The molecule has 0 bridgehead atoms. The molecule has 1 N–H and O–H groups in total. The molecule has 2 aromatic rings. The molecule has 0 heterocycles. The van der Waals surface area contributed by atoms with E-state index in [-0.39, 0.29) is 38.5 Å². The van der Waals surface area contributed by atoms with Crippen LogP contribution in [-0.4, -0.2) is 37.6 Å². The van der Waals surface area contributed by atoms with E-state index in [1.807, 2.05) is 0 Å². The Morgan fingerprint density at radius 3 is 2.50 bits per heavy atom. The molecule has 0 aliphatic rings. The summed E-state index contributed by atoms with van der Waals surface area (Å²) in [4.78, 5) is 34.6. The van der Waals surface area contributed by atoms with Gasteiger partial charge in [-0.25, -0.2) is 4.79 Å². The van der Waals surface area contributed by atoms with Crippen LogP contribution in [0.1, 0.15) is 10.4 Å². The number of carbonyl (C=O) groups excluding carboxylic acids is 2. The van der Waals surface area contributed by atoms with Gasteiger partial charge in [0.2, 0.25) is 0 Å². The predicted molar refractivity (Wildman–Crippen MR) is 102 cm³/mol. The first-order valence-corrected chi connectivity index (χ1v) is 8.34. The van der Waals surface area contributed by atoms with Gasteiger partial charge in [-0.15, -0.1) is 0 Å². The molecule has 1 amide bonds. The average molecular weight is 429 g/mol. The molecule has 0 atom stereocenters. The third-order valence-corrected chi connectivity index (χ3v) is 3.96. The lowest BCUT2D eigenvalue weighted by Crippen LogP contribution is -2.22. The van der Waals surface area contributed by atoms with Gasteiger partial charge in [0.05, 0.1) is 41.5 Å². The van der Waals surface area contributed by atoms with E-state index < -0.39 is 23.4 Å². The topological polar surface area (TPSA) is 117 Å². The van der Waals surface area contributed by atoms with Crippen molar-refractivity contribution in [1.29, 1.82) is 0 Å². The van der Waals surface area contributed by atoms with Gasteiger partial charge in [0.1, 0.15) is 5.75 Å². The molecule has 2 aromatic carbocycles. The van der Waals surface area contributed by atoms with Gasteiger partial charge in [-0.2, -0.15) is 0 Å². The third-order valence-electron chi connectivity index (χ3n) is 3.45. The van der Waals surface area contributed by atoms with Crippen LogP contribution >= 0.6 is 23.2 Å². The molecular formula is C17H14Cl2N2O7. The van der Waals surface area contributed by atoms with Gasteiger partial charge in [-0.05, 0) is 24.3 Å². The zero-order chi connectivity index (χ0) is 20.8. The zero-order valence-electron chi connectivity index (χ0n) is 14.7. The van der Waals surface area contributed by atoms with Crippen LogP contribution in [-0.2, 0) is 9.53 Å². The molecular weight excluding hydrogens is 415 g/mol. The number of esters is 1. The Morgan fingerprint density at radius 1 is 1.18 bits per heavy atom. The largest absolute Gasteiger partial charge is 0.496 e. The van der Waals surface area contributed by atoms with Crippen LogP contribution in [0.3, 0.4) is 0 Å². The van der Waals surface area contributed by atoms with Crippen molar-refractivity contribution in [2.45, 2.75) is 0 Å². The molecule has 28 heavy (non-hydrogen) atoms. The van der Waals surface area contributed by atoms with Crippen LogP contribution < -0.4 is 14.8 Å². The Bertz CT molecular complexity index is 934. The SMILES string of the molecule is COC(=O)c1cc(Cl)cc(Cl)c1NC(=O)COc1ccc(OC)cc1[N+](=O)[O-]. The predicted octanol–water partition coefficient (Wildman–Crippen LogP) is 3.71. The molecule has 0 saturated carbocycles. The van der Waals surface area contributed by atoms with E-state index in [9.17, 15) is 19.7 Å². The number of nitro groups is 1. The van der Waals surface area contributed by atoms with Gasteiger partial charge in [-0.3, -0.25) is 14.9 Å². The number of hydrogen-bond acceptors (Lipinski definition) is 7. The number of hydrogen-bond donors (Lipinski definition) is 1. The van der Waals surface area contributed by atoms with Crippen LogP contribution in [0.2, 0.25) is 10.0 Å². The Hall–Kier alpha value is -3.04. The van der Waals surface area contributed by atoms with E-state index in [0.29, 0.717) is 0 Å². The summed E-state index contributed by atoms with van der Waals surface area (Å²) in [5, 5.41) is 13.7. The minimum Gasteiger partial charge on any atom is -0.496 e. The van der Waals surface area contributed by atoms with Crippen LogP contribution in [0.25, 0.3) is 0 Å². The number of ether oxygens (including phenoxy) is 3. The van der Waals surface area contributed by atoms with Crippen molar-refractivity contribution in [2.75, 3.05) is 26.1 Å². The number of amides is 1. The number of nitrogens with one attached hydrogen (secondary N) is 1. The number of nitro benzene ring substituents is 1. The van der Waals surface area contributed by atoms with Gasteiger partial charge in [-0.1, -0.05) is 23.2 Å². The van der Waals surface area contributed by atoms with Crippen LogP contribution in [0.4, 0.5) is 11.4 Å². The Morgan fingerprint density at radius 2 is 1.89 bits per heavy atom. The summed E-state index contributed by atoms with van der Waals surface area (Å²) < 4.78 is 14.8. The molecule has 148 valence electrons. The first kappa shape index (κ1) is 21.3. The summed E-state index contributed by atoms with van der Waals surface area (Å²) in [7, 11) is 2.52. The highest BCUT2D eigenvalue weighted by Gasteiger charge is 2.21. The van der Waals surface area contributed by atoms with Crippen molar-refractivity contribution in [3.8, 4) is 11.5 Å². The lowest BCUT2D eigenvalue weighted by atomic mass is 10.1. The number of benzene rings is 2. The second kappa shape index (κ2) is 9.25. The Balaban J connectivity index is 2.18. The highest BCUT2D eigenvalue weighted by Crippen LogP contribution is 2.32.